The number of methoxy groups -OCH3 is 1. The van der Waals surface area contributed by atoms with Crippen LogP contribution in [0.5, 0.6) is 5.75 Å². The average Bonchev–Trinajstić information content (AvgIpc) is 3.51. The van der Waals surface area contributed by atoms with Crippen LogP contribution < -0.4 is 15.4 Å². The normalized spacial score (nSPS) is 26.6. The maximum atomic E-state index is 13.7. The van der Waals surface area contributed by atoms with Gasteiger partial charge in [-0.15, -0.1) is 0 Å². The predicted octanol–water partition coefficient (Wildman–Crippen LogP) is 2.73. The molecule has 1 saturated carbocycles. The number of aromatic amines is 1. The summed E-state index contributed by atoms with van der Waals surface area (Å²) in [5.41, 5.74) is 1.22. The molecule has 3 N–H and O–H groups in total. The van der Waals surface area contributed by atoms with Gasteiger partial charge in [-0.3, -0.25) is 14.4 Å². The van der Waals surface area contributed by atoms with Gasteiger partial charge in [-0.1, -0.05) is 18.9 Å². The molecule has 1 aromatic carbocycles. The van der Waals surface area contributed by atoms with Crippen molar-refractivity contribution in [1.29, 1.82) is 5.26 Å². The number of likely N-dealkylation sites (tertiary alicyclic amines) is 1. The number of hydrogen-bond acceptors (Lipinski definition) is 5. The van der Waals surface area contributed by atoms with Crippen LogP contribution in [0.1, 0.15) is 55.4 Å². The monoisotopic (exact) mass is 491 g/mol. The second-order valence-corrected chi connectivity index (χ2v) is 10.3. The van der Waals surface area contributed by atoms with Gasteiger partial charge in [0.2, 0.25) is 11.8 Å². The van der Waals surface area contributed by atoms with E-state index in [1.165, 1.54) is 0 Å². The summed E-state index contributed by atoms with van der Waals surface area (Å²) in [4.78, 5) is 44.5. The number of rotatable bonds is 6. The van der Waals surface area contributed by atoms with Crippen molar-refractivity contribution in [3.8, 4) is 11.8 Å². The number of piperidine rings is 1. The van der Waals surface area contributed by atoms with Crippen molar-refractivity contribution in [2.75, 3.05) is 20.2 Å². The van der Waals surface area contributed by atoms with Crippen molar-refractivity contribution in [1.82, 2.24) is 20.5 Å². The molecule has 2 aromatic rings. The molecule has 5 atom stereocenters. The van der Waals surface area contributed by atoms with E-state index in [1.807, 2.05) is 18.2 Å². The summed E-state index contributed by atoms with van der Waals surface area (Å²) < 4.78 is 5.44. The number of aromatic nitrogens is 1. The number of hydrogen-bond donors (Lipinski definition) is 3. The second-order valence-electron chi connectivity index (χ2n) is 10.3. The zero-order valence-electron chi connectivity index (χ0n) is 20.6. The van der Waals surface area contributed by atoms with Gasteiger partial charge in [-0.25, -0.2) is 0 Å². The van der Waals surface area contributed by atoms with E-state index in [4.69, 9.17) is 4.74 Å². The van der Waals surface area contributed by atoms with Crippen LogP contribution in [0.4, 0.5) is 0 Å². The Bertz CT molecular complexity index is 1200. The minimum Gasteiger partial charge on any atom is -0.496 e. The summed E-state index contributed by atoms with van der Waals surface area (Å²) in [7, 11) is 1.59. The maximum Gasteiger partial charge on any atom is 0.271 e. The summed E-state index contributed by atoms with van der Waals surface area (Å²) in [6.45, 7) is 1.18. The Morgan fingerprint density at radius 3 is 2.86 bits per heavy atom. The van der Waals surface area contributed by atoms with Crippen LogP contribution in [0.2, 0.25) is 0 Å². The highest BCUT2D eigenvalue weighted by atomic mass is 16.5. The Balaban J connectivity index is 1.38. The molecule has 9 nitrogen and oxygen atoms in total. The van der Waals surface area contributed by atoms with Crippen LogP contribution in [0, 0.1) is 29.1 Å². The van der Waals surface area contributed by atoms with Gasteiger partial charge in [0.1, 0.15) is 23.5 Å². The molecule has 0 radical (unpaired) electrons. The van der Waals surface area contributed by atoms with E-state index < -0.39 is 12.1 Å². The van der Waals surface area contributed by atoms with E-state index in [-0.39, 0.29) is 41.9 Å². The zero-order chi connectivity index (χ0) is 25.2. The first-order valence-electron chi connectivity index (χ1n) is 12.9. The molecule has 0 spiro atoms. The van der Waals surface area contributed by atoms with E-state index in [9.17, 15) is 19.6 Å². The molecule has 0 bridgehead atoms. The van der Waals surface area contributed by atoms with Crippen molar-refractivity contribution in [2.45, 2.75) is 57.0 Å². The summed E-state index contributed by atoms with van der Waals surface area (Å²) in [5.74, 6) is 0.151. The molecule has 1 unspecified atom stereocenters. The van der Waals surface area contributed by atoms with Crippen molar-refractivity contribution < 1.29 is 19.1 Å². The number of benzene rings is 1. The van der Waals surface area contributed by atoms with Crippen LogP contribution in [0.25, 0.3) is 10.9 Å². The van der Waals surface area contributed by atoms with Gasteiger partial charge in [-0.2, -0.15) is 5.26 Å². The van der Waals surface area contributed by atoms with E-state index >= 15 is 0 Å². The third-order valence-electron chi connectivity index (χ3n) is 8.14. The van der Waals surface area contributed by atoms with Crippen LogP contribution in [0.15, 0.2) is 24.3 Å². The number of fused-ring (bicyclic) bond motifs is 2. The first-order chi connectivity index (χ1) is 17.5. The number of ether oxygens (including phenoxy) is 1. The number of nitrogens with zero attached hydrogens (tertiary/aromatic N) is 2. The van der Waals surface area contributed by atoms with Gasteiger partial charge in [0, 0.05) is 29.9 Å². The van der Waals surface area contributed by atoms with Crippen molar-refractivity contribution in [3.05, 3.63) is 30.0 Å². The van der Waals surface area contributed by atoms with E-state index in [0.717, 1.165) is 43.0 Å². The number of nitrogens with one attached hydrogen (secondary N) is 3. The SMILES string of the molecule is COc1cccc2[nH]c(C(=O)N3C[C@@H]4CCCC[C@@H]4[C@H]3C(=O)NC(C#N)C[C@@H]3CCCNC3=O)cc12. The number of amides is 3. The molecule has 1 aliphatic carbocycles. The highest BCUT2D eigenvalue weighted by molar-refractivity contribution is 6.02. The summed E-state index contributed by atoms with van der Waals surface area (Å²) in [5, 5.41) is 16.3. The van der Waals surface area contributed by atoms with Crippen molar-refractivity contribution >= 4 is 28.6 Å². The van der Waals surface area contributed by atoms with Crippen LogP contribution in [0.3, 0.4) is 0 Å². The lowest BCUT2D eigenvalue weighted by Crippen LogP contribution is -2.52. The zero-order valence-corrected chi connectivity index (χ0v) is 20.6. The fraction of sp³-hybridized carbons (Fsp3) is 0.556. The molecule has 2 aliphatic heterocycles. The maximum absolute atomic E-state index is 13.7. The fourth-order valence-corrected chi connectivity index (χ4v) is 6.34. The molecule has 36 heavy (non-hydrogen) atoms. The minimum absolute atomic E-state index is 0.0602. The Hall–Kier alpha value is -3.54. The highest BCUT2D eigenvalue weighted by Crippen LogP contribution is 2.41. The lowest BCUT2D eigenvalue weighted by atomic mass is 9.78. The van der Waals surface area contributed by atoms with E-state index in [2.05, 4.69) is 21.7 Å². The van der Waals surface area contributed by atoms with Gasteiger partial charge in [0.15, 0.2) is 0 Å². The Labute approximate surface area is 210 Å². The summed E-state index contributed by atoms with van der Waals surface area (Å²) >= 11 is 0. The first kappa shape index (κ1) is 24.2. The number of H-pyrrole nitrogens is 1. The van der Waals surface area contributed by atoms with Gasteiger partial charge in [0.25, 0.3) is 5.91 Å². The second kappa shape index (κ2) is 10.2. The Morgan fingerprint density at radius 1 is 1.25 bits per heavy atom. The smallest absolute Gasteiger partial charge is 0.271 e. The fourth-order valence-electron chi connectivity index (χ4n) is 6.34. The minimum atomic E-state index is -0.775. The molecule has 3 heterocycles. The standard InChI is InChI=1S/C27H33N5O4/c1-36-23-10-4-9-21-20(23)13-22(31-21)27(35)32-15-17-6-2-3-8-19(17)24(32)26(34)30-18(14-28)12-16-7-5-11-29-25(16)33/h4,9-10,13,16-19,24,31H,2-3,5-8,11-12,15H2,1H3,(H,29,33)(H,30,34)/t16-,17-,18?,19-,24-/m0/s1. The number of nitriles is 1. The van der Waals surface area contributed by atoms with Crippen LogP contribution in [-0.4, -0.2) is 59.9 Å². The van der Waals surface area contributed by atoms with E-state index in [0.29, 0.717) is 31.0 Å². The molecule has 2 saturated heterocycles. The molecule has 3 aliphatic rings. The molecule has 3 amide bonds. The van der Waals surface area contributed by atoms with Crippen LogP contribution >= 0.6 is 0 Å². The topological polar surface area (TPSA) is 127 Å². The third kappa shape index (κ3) is 4.52. The quantitative estimate of drug-likeness (QED) is 0.573. The van der Waals surface area contributed by atoms with Gasteiger partial charge in [-0.05, 0) is 62.1 Å². The summed E-state index contributed by atoms with van der Waals surface area (Å²) in [6, 6.07) is 8.14. The molecule has 9 heteroatoms. The first-order valence-corrected chi connectivity index (χ1v) is 12.9. The van der Waals surface area contributed by atoms with Crippen molar-refractivity contribution in [2.24, 2.45) is 17.8 Å². The highest BCUT2D eigenvalue weighted by Gasteiger charge is 2.49. The van der Waals surface area contributed by atoms with Crippen molar-refractivity contribution in [3.63, 3.8) is 0 Å². The molecule has 1 aromatic heterocycles. The predicted molar refractivity (Wildman–Crippen MR) is 133 cm³/mol. The van der Waals surface area contributed by atoms with Gasteiger partial charge in [0.05, 0.1) is 13.2 Å². The average molecular weight is 492 g/mol. The largest absolute Gasteiger partial charge is 0.496 e. The Kier molecular flexibility index (Phi) is 6.86. The van der Waals surface area contributed by atoms with Gasteiger partial charge < -0.3 is 25.3 Å². The molecule has 3 fully saturated rings. The molecular formula is C27H33N5O4. The van der Waals surface area contributed by atoms with Gasteiger partial charge >= 0.3 is 0 Å². The Morgan fingerprint density at radius 2 is 2.08 bits per heavy atom. The molecule has 5 rings (SSSR count). The van der Waals surface area contributed by atoms with E-state index in [1.54, 1.807) is 18.1 Å². The number of carbonyl (C=O) groups excluding carboxylic acids is 3. The molecular weight excluding hydrogens is 458 g/mol. The third-order valence-corrected chi connectivity index (χ3v) is 8.14. The lowest BCUT2D eigenvalue weighted by molar-refractivity contribution is -0.129. The summed E-state index contributed by atoms with van der Waals surface area (Å²) in [6.07, 6.45) is 5.86. The molecule has 190 valence electrons. The number of carbonyl (C=O) groups is 3. The lowest BCUT2D eigenvalue weighted by Gasteiger charge is -2.30. The van der Waals surface area contributed by atoms with Crippen LogP contribution in [-0.2, 0) is 9.59 Å².